The molecule has 0 N–H and O–H groups in total. The van der Waals surface area contributed by atoms with E-state index in [4.69, 9.17) is 0 Å². The Balaban J connectivity index is -0.000000206. The van der Waals surface area contributed by atoms with Crippen LogP contribution < -0.4 is 24.8 Å². The molecule has 4 heteroatoms. The van der Waals surface area contributed by atoms with Crippen molar-refractivity contribution in [3.63, 3.8) is 0 Å². The average molecular weight is 393 g/mol. The molecule has 0 saturated carbocycles. The number of hydrogen-bond acceptors (Lipinski definition) is 0. The topological polar surface area (TPSA) is 0 Å². The van der Waals surface area contributed by atoms with Crippen molar-refractivity contribution in [2.45, 2.75) is 45.7 Å². The summed E-state index contributed by atoms with van der Waals surface area (Å²) >= 11 is 1.74. The van der Waals surface area contributed by atoms with E-state index in [1.807, 2.05) is 12.2 Å². The van der Waals surface area contributed by atoms with Gasteiger partial charge in [0.2, 0.25) is 0 Å². The fraction of sp³-hybridized carbons (Fsp3) is 0.467. The fourth-order valence-corrected chi connectivity index (χ4v) is 1.24. The molecule has 2 aliphatic carbocycles. The minimum Gasteiger partial charge on any atom is -1.00 e. The van der Waals surface area contributed by atoms with Crippen molar-refractivity contribution in [1.29, 1.82) is 0 Å². The quantitative estimate of drug-likeness (QED) is 0.400. The van der Waals surface area contributed by atoms with E-state index in [1.165, 1.54) is 18.4 Å². The molecule has 0 amide bonds. The predicted molar refractivity (Wildman–Crippen MR) is 74.5 cm³/mol. The van der Waals surface area contributed by atoms with Gasteiger partial charge in [-0.3, -0.25) is 12.2 Å². The predicted octanol–water partition coefficient (Wildman–Crippen LogP) is -1.43. The van der Waals surface area contributed by atoms with Crippen LogP contribution in [0.5, 0.6) is 0 Å². The minimum atomic E-state index is 0. The molecular weight excluding hydrogens is 370 g/mol. The van der Waals surface area contributed by atoms with Gasteiger partial charge < -0.3 is 24.8 Å². The van der Waals surface area contributed by atoms with E-state index >= 15 is 0 Å². The van der Waals surface area contributed by atoms with Gasteiger partial charge >= 0.3 is 41.9 Å². The van der Waals surface area contributed by atoms with E-state index in [0.29, 0.717) is 0 Å². The zero-order chi connectivity index (χ0) is 12.9. The van der Waals surface area contributed by atoms with E-state index in [9.17, 15) is 0 Å². The van der Waals surface area contributed by atoms with E-state index in [1.54, 1.807) is 23.3 Å². The smallest absolute Gasteiger partial charge is 0.109 e. The van der Waals surface area contributed by atoms with Crippen molar-refractivity contribution in [3.8, 4) is 0 Å². The average Bonchev–Trinajstić information content (AvgIpc) is 2.92. The molecule has 2 aliphatic rings. The normalized spacial score (nSPS) is 13.2. The van der Waals surface area contributed by atoms with Crippen LogP contribution >= 0.6 is 0 Å². The van der Waals surface area contributed by atoms with E-state index in [0.717, 1.165) is 12.8 Å². The van der Waals surface area contributed by atoms with Crippen LogP contribution in [-0.2, 0) is 23.3 Å². The summed E-state index contributed by atoms with van der Waals surface area (Å²) in [5, 5.41) is 0. The van der Waals surface area contributed by atoms with Gasteiger partial charge in [-0.1, -0.05) is 19.8 Å². The fourth-order valence-electron chi connectivity index (χ4n) is 1.24. The summed E-state index contributed by atoms with van der Waals surface area (Å²) in [5.41, 5.74) is 1.68. The Kier molecular flexibility index (Phi) is 24.2. The van der Waals surface area contributed by atoms with Gasteiger partial charge in [0.25, 0.3) is 0 Å². The molecular formula is C15H22Cl2SiZr-2. The molecule has 0 aromatic rings. The second kappa shape index (κ2) is 18.6. The maximum atomic E-state index is 3.14. The zero-order valence-electron chi connectivity index (χ0n) is 12.0. The summed E-state index contributed by atoms with van der Waals surface area (Å²) in [5.74, 6) is 0. The Labute approximate surface area is 146 Å². The summed E-state index contributed by atoms with van der Waals surface area (Å²) in [6.45, 7) is 6.82. The second-order valence-corrected chi connectivity index (χ2v) is 13.5. The Morgan fingerprint density at radius 2 is 1.84 bits per heavy atom. The van der Waals surface area contributed by atoms with Crippen molar-refractivity contribution in [1.82, 2.24) is 0 Å². The first-order chi connectivity index (χ1) is 8.16. The van der Waals surface area contributed by atoms with Gasteiger partial charge in [-0.2, -0.15) is 12.2 Å². The Morgan fingerprint density at radius 1 is 1.21 bits per heavy atom. The van der Waals surface area contributed by atoms with Crippen molar-refractivity contribution in [3.05, 3.63) is 48.1 Å². The first-order valence-electron chi connectivity index (χ1n) is 6.16. The number of halogens is 2. The minimum absolute atomic E-state index is 0. The van der Waals surface area contributed by atoms with Crippen LogP contribution in [0.1, 0.15) is 32.6 Å². The van der Waals surface area contributed by atoms with Gasteiger partial charge in [0.1, 0.15) is 0 Å². The first-order valence-corrected chi connectivity index (χ1v) is 12.3. The molecule has 0 aromatic carbocycles. The third-order valence-electron chi connectivity index (χ3n) is 1.89. The molecule has 0 bridgehead atoms. The Hall–Kier alpha value is 0.640. The third kappa shape index (κ3) is 21.1. The van der Waals surface area contributed by atoms with Crippen molar-refractivity contribution in [2.75, 3.05) is 0 Å². The summed E-state index contributed by atoms with van der Waals surface area (Å²) in [4.78, 5) is 0. The molecule has 106 valence electrons. The largest absolute Gasteiger partial charge is 1.00 e. The number of allylic oxidation sites excluding steroid dienone is 8. The second-order valence-electron chi connectivity index (χ2n) is 4.08. The van der Waals surface area contributed by atoms with Gasteiger partial charge in [-0.05, 0) is 0 Å². The van der Waals surface area contributed by atoms with E-state index < -0.39 is 0 Å². The molecule has 19 heavy (non-hydrogen) atoms. The van der Waals surface area contributed by atoms with Crippen LogP contribution in [0.4, 0.5) is 0 Å². The summed E-state index contributed by atoms with van der Waals surface area (Å²) in [6, 6.07) is 0. The standard InChI is InChI=1S/C8H11.C5H5.C2H6Si.2ClH.Zr/c1-2-5-8-6-3-4-7-8;1-2-4-5-3-1;1-3-2;;;/h6-7H,2-3,5H2,1H3;1-3H,4H2;1-2H3;2*1H;/q2*-1;;;;+2/p-2. The van der Waals surface area contributed by atoms with Crippen LogP contribution in [0.25, 0.3) is 0 Å². The van der Waals surface area contributed by atoms with Crippen molar-refractivity contribution < 1.29 is 48.1 Å². The molecule has 0 fully saturated rings. The molecule has 0 saturated heterocycles. The molecule has 2 rings (SSSR count). The SMILES string of the molecule is CCCC1=CC[C-]=C1.C[Si](C)=[Zr+2].[C-]1=CC=CC1.[Cl-].[Cl-]. The first kappa shape index (κ1) is 24.6. The number of hydrogen-bond donors (Lipinski definition) is 0. The van der Waals surface area contributed by atoms with Crippen LogP contribution in [0.2, 0.25) is 13.1 Å². The van der Waals surface area contributed by atoms with E-state index in [2.05, 4.69) is 50.4 Å². The maximum Gasteiger partial charge on any atom is -0.109 e. The molecule has 0 unspecified atom stereocenters. The summed E-state index contributed by atoms with van der Waals surface area (Å²) in [7, 11) is 0. The van der Waals surface area contributed by atoms with Crippen LogP contribution in [-0.4, -0.2) is 5.43 Å². The third-order valence-corrected chi connectivity index (χ3v) is 1.89. The van der Waals surface area contributed by atoms with Crippen LogP contribution in [0.3, 0.4) is 0 Å². The Bertz CT molecular complexity index is 317. The molecule has 0 aromatic heterocycles. The van der Waals surface area contributed by atoms with Crippen molar-refractivity contribution >= 4 is 5.43 Å². The van der Waals surface area contributed by atoms with Gasteiger partial charge in [-0.15, -0.1) is 12.8 Å². The molecule has 0 nitrogen and oxygen atoms in total. The molecule has 0 aliphatic heterocycles. The maximum absolute atomic E-state index is 3.14. The molecule has 0 spiro atoms. The van der Waals surface area contributed by atoms with Gasteiger partial charge in [0.15, 0.2) is 0 Å². The zero-order valence-corrected chi connectivity index (χ0v) is 16.9. The summed E-state index contributed by atoms with van der Waals surface area (Å²) in [6.07, 6.45) is 21.0. The molecule has 0 radical (unpaired) electrons. The van der Waals surface area contributed by atoms with Crippen LogP contribution in [0.15, 0.2) is 36.0 Å². The van der Waals surface area contributed by atoms with E-state index in [-0.39, 0.29) is 30.2 Å². The van der Waals surface area contributed by atoms with Crippen molar-refractivity contribution in [2.24, 2.45) is 0 Å². The Morgan fingerprint density at radius 3 is 2.11 bits per heavy atom. The molecule has 0 heterocycles. The van der Waals surface area contributed by atoms with Gasteiger partial charge in [0, 0.05) is 0 Å². The number of rotatable bonds is 2. The van der Waals surface area contributed by atoms with Gasteiger partial charge in [0.05, 0.1) is 0 Å². The summed E-state index contributed by atoms with van der Waals surface area (Å²) < 4.78 is 0. The van der Waals surface area contributed by atoms with Crippen LogP contribution in [0, 0.1) is 12.2 Å². The monoisotopic (exact) mass is 390 g/mol. The molecule has 0 atom stereocenters. The van der Waals surface area contributed by atoms with Gasteiger partial charge in [-0.25, -0.2) is 23.8 Å².